The Morgan fingerprint density at radius 1 is 1.18 bits per heavy atom. The molecule has 33 heavy (non-hydrogen) atoms. The van der Waals surface area contributed by atoms with Crippen LogP contribution in [0.2, 0.25) is 0 Å². The number of rotatable bonds is 8. The van der Waals surface area contributed by atoms with Crippen molar-refractivity contribution >= 4 is 23.8 Å². The number of carbonyl (C=O) groups excluding carboxylic acids is 1. The Hall–Kier alpha value is -2.21. The fourth-order valence-corrected chi connectivity index (χ4v) is 4.96. The number of thioether (sulfide) groups is 1. The molecule has 1 aromatic carbocycles. The van der Waals surface area contributed by atoms with Crippen LogP contribution < -0.4 is 0 Å². The van der Waals surface area contributed by atoms with Crippen molar-refractivity contribution in [2.75, 3.05) is 5.75 Å². The molecule has 0 spiro atoms. The maximum Gasteiger partial charge on any atom is 0.411 e. The number of carboxylic acid groups (broad SMARTS) is 1. The van der Waals surface area contributed by atoms with Crippen molar-refractivity contribution in [3.05, 3.63) is 60.2 Å². The molecule has 1 amide bonds. The second-order valence-corrected chi connectivity index (χ2v) is 12.0. The van der Waals surface area contributed by atoms with Gasteiger partial charge < -0.3 is 9.84 Å². The molecule has 1 aliphatic heterocycles. The summed E-state index contributed by atoms with van der Waals surface area (Å²) in [6, 6.07) is 9.61. The third-order valence-corrected chi connectivity index (χ3v) is 7.03. The normalized spacial score (nSPS) is 20.5. The third kappa shape index (κ3) is 8.26. The van der Waals surface area contributed by atoms with E-state index in [-0.39, 0.29) is 22.9 Å². The van der Waals surface area contributed by atoms with Gasteiger partial charge in [-0.3, -0.25) is 9.69 Å². The van der Waals surface area contributed by atoms with E-state index in [1.165, 1.54) is 0 Å². The molecule has 0 aliphatic carbocycles. The summed E-state index contributed by atoms with van der Waals surface area (Å²) in [6.07, 6.45) is 8.14. The molecule has 1 heterocycles. The predicted octanol–water partition coefficient (Wildman–Crippen LogP) is 6.40. The van der Waals surface area contributed by atoms with Gasteiger partial charge in [0, 0.05) is 5.75 Å². The number of amides is 1. The van der Waals surface area contributed by atoms with E-state index in [9.17, 15) is 14.7 Å². The van der Waals surface area contributed by atoms with Crippen LogP contribution in [0.5, 0.6) is 0 Å². The van der Waals surface area contributed by atoms with Crippen molar-refractivity contribution < 1.29 is 19.4 Å². The summed E-state index contributed by atoms with van der Waals surface area (Å²) in [5.74, 6) is -0.256. The van der Waals surface area contributed by atoms with E-state index >= 15 is 0 Å². The Morgan fingerprint density at radius 2 is 1.82 bits per heavy atom. The lowest BCUT2D eigenvalue weighted by Crippen LogP contribution is -2.48. The van der Waals surface area contributed by atoms with E-state index in [4.69, 9.17) is 4.74 Å². The van der Waals surface area contributed by atoms with Crippen molar-refractivity contribution in [1.29, 1.82) is 0 Å². The molecule has 0 aromatic heterocycles. The number of allylic oxidation sites excluding steroid dienone is 2. The lowest BCUT2D eigenvalue weighted by atomic mass is 9.91. The topological polar surface area (TPSA) is 66.8 Å². The third-order valence-electron chi connectivity index (χ3n) is 5.62. The maximum absolute atomic E-state index is 12.9. The molecular formula is C27H39NO4S. The van der Waals surface area contributed by atoms with E-state index in [0.717, 1.165) is 11.3 Å². The number of ether oxygens (including phenoxy) is 1. The van der Waals surface area contributed by atoms with Crippen LogP contribution in [0.15, 0.2) is 54.6 Å². The molecule has 1 aromatic rings. The molecule has 0 saturated carbocycles. The average molecular weight is 474 g/mol. The first-order valence-corrected chi connectivity index (χ1v) is 12.6. The minimum Gasteiger partial charge on any atom is -0.481 e. The van der Waals surface area contributed by atoms with Crippen LogP contribution in [0.1, 0.15) is 54.0 Å². The molecule has 0 radical (unpaired) electrons. The molecule has 1 N–H and O–H groups in total. The van der Waals surface area contributed by atoms with Crippen LogP contribution in [-0.2, 0) is 16.0 Å². The molecule has 6 heteroatoms. The predicted molar refractivity (Wildman–Crippen MR) is 136 cm³/mol. The lowest BCUT2D eigenvalue weighted by Gasteiger charge is -2.35. The number of nitrogens with zero attached hydrogens (tertiary/aromatic N) is 1. The van der Waals surface area contributed by atoms with Crippen LogP contribution in [0.4, 0.5) is 4.79 Å². The highest BCUT2D eigenvalue weighted by Gasteiger charge is 2.44. The minimum absolute atomic E-state index is 0.0665. The molecule has 5 nitrogen and oxygen atoms in total. The smallest absolute Gasteiger partial charge is 0.411 e. The van der Waals surface area contributed by atoms with Crippen LogP contribution in [-0.4, -0.2) is 44.3 Å². The van der Waals surface area contributed by atoms with Gasteiger partial charge in [-0.15, -0.1) is 11.8 Å². The lowest BCUT2D eigenvalue weighted by molar-refractivity contribution is -0.140. The monoisotopic (exact) mass is 473 g/mol. The first-order chi connectivity index (χ1) is 15.3. The Bertz CT molecular complexity index is 855. The standard InChI is InChI=1S/C27H39NO4S/c1-19(2)21(13-14-22(24(29)30)17-20-11-9-8-10-12-20)15-16-23-18-33-27(6,7)28(23)25(31)32-26(3,4)5/h8-16,19,21-23H,17-18H2,1-7H3,(H,29,30)/b14-13-,16-15+/t21-,22+,23+/m0/s1. The van der Waals surface area contributed by atoms with Gasteiger partial charge in [-0.2, -0.15) is 0 Å². The van der Waals surface area contributed by atoms with Gasteiger partial charge in [0.1, 0.15) is 5.60 Å². The molecule has 3 atom stereocenters. The molecule has 1 aliphatic rings. The SMILES string of the molecule is CC(C)[C@@H](/C=C\[C@H](Cc1ccccc1)C(=O)O)/C=C/[C@@H]1CSC(C)(C)N1C(=O)OC(C)(C)C. The second-order valence-electron chi connectivity index (χ2n) is 10.4. The van der Waals surface area contributed by atoms with Crippen molar-refractivity contribution in [1.82, 2.24) is 4.90 Å². The maximum atomic E-state index is 12.9. The van der Waals surface area contributed by atoms with Crippen molar-refractivity contribution in [2.45, 2.75) is 71.4 Å². The van der Waals surface area contributed by atoms with E-state index in [0.29, 0.717) is 12.3 Å². The first-order valence-electron chi connectivity index (χ1n) is 11.6. The minimum atomic E-state index is -0.827. The van der Waals surface area contributed by atoms with Gasteiger partial charge in [-0.1, -0.05) is 68.5 Å². The van der Waals surface area contributed by atoms with Gasteiger partial charge in [0.2, 0.25) is 0 Å². The second kappa shape index (κ2) is 11.3. The highest BCUT2D eigenvalue weighted by molar-refractivity contribution is 8.00. The van der Waals surface area contributed by atoms with Gasteiger partial charge >= 0.3 is 12.1 Å². The van der Waals surface area contributed by atoms with Crippen molar-refractivity contribution in [3.63, 3.8) is 0 Å². The number of carbonyl (C=O) groups is 2. The van der Waals surface area contributed by atoms with E-state index < -0.39 is 17.5 Å². The molecular weight excluding hydrogens is 434 g/mol. The number of benzene rings is 1. The fourth-order valence-electron chi connectivity index (χ4n) is 3.77. The number of hydrogen-bond donors (Lipinski definition) is 1. The largest absolute Gasteiger partial charge is 0.481 e. The highest BCUT2D eigenvalue weighted by atomic mass is 32.2. The summed E-state index contributed by atoms with van der Waals surface area (Å²) in [4.78, 5) is 26.2. The average Bonchev–Trinajstić information content (AvgIpc) is 3.00. The van der Waals surface area contributed by atoms with E-state index in [1.807, 2.05) is 82.0 Å². The number of hydrogen-bond acceptors (Lipinski definition) is 4. The summed E-state index contributed by atoms with van der Waals surface area (Å²) in [6.45, 7) is 13.9. The quantitative estimate of drug-likeness (QED) is 0.442. The molecule has 2 rings (SSSR count). The number of aliphatic carboxylic acids is 1. The van der Waals surface area contributed by atoms with Gasteiger partial charge in [-0.05, 0) is 58.4 Å². The molecule has 0 bridgehead atoms. The molecule has 1 fully saturated rings. The van der Waals surface area contributed by atoms with Crippen LogP contribution in [0.25, 0.3) is 0 Å². The van der Waals surface area contributed by atoms with Crippen LogP contribution in [0.3, 0.4) is 0 Å². The van der Waals surface area contributed by atoms with Gasteiger partial charge in [0.15, 0.2) is 0 Å². The van der Waals surface area contributed by atoms with Gasteiger partial charge in [0.25, 0.3) is 0 Å². The Kier molecular flexibility index (Phi) is 9.24. The van der Waals surface area contributed by atoms with E-state index in [2.05, 4.69) is 26.0 Å². The summed E-state index contributed by atoms with van der Waals surface area (Å²) >= 11 is 1.73. The molecule has 1 saturated heterocycles. The molecule has 182 valence electrons. The zero-order valence-corrected chi connectivity index (χ0v) is 21.8. The van der Waals surface area contributed by atoms with Crippen LogP contribution in [0, 0.1) is 17.8 Å². The Labute approximate surface area is 203 Å². The highest BCUT2D eigenvalue weighted by Crippen LogP contribution is 2.40. The molecule has 0 unspecified atom stereocenters. The van der Waals surface area contributed by atoms with Crippen molar-refractivity contribution in [3.8, 4) is 0 Å². The zero-order valence-electron chi connectivity index (χ0n) is 20.9. The van der Waals surface area contributed by atoms with E-state index in [1.54, 1.807) is 11.8 Å². The summed E-state index contributed by atoms with van der Waals surface area (Å²) < 4.78 is 5.66. The summed E-state index contributed by atoms with van der Waals surface area (Å²) in [7, 11) is 0. The summed E-state index contributed by atoms with van der Waals surface area (Å²) in [5, 5.41) is 9.70. The van der Waals surface area contributed by atoms with Gasteiger partial charge in [0.05, 0.1) is 16.8 Å². The van der Waals surface area contributed by atoms with Gasteiger partial charge in [-0.25, -0.2) is 4.79 Å². The summed E-state index contributed by atoms with van der Waals surface area (Å²) in [5.41, 5.74) is 0.451. The Balaban J connectivity index is 2.17. The number of carboxylic acids is 1. The van der Waals surface area contributed by atoms with Crippen LogP contribution >= 0.6 is 11.8 Å². The zero-order chi connectivity index (χ0) is 24.8. The Morgan fingerprint density at radius 3 is 2.36 bits per heavy atom. The first kappa shape index (κ1) is 27.0. The van der Waals surface area contributed by atoms with Crippen molar-refractivity contribution in [2.24, 2.45) is 17.8 Å². The fraction of sp³-hybridized carbons (Fsp3) is 0.556.